The van der Waals surface area contributed by atoms with E-state index in [4.69, 9.17) is 9.72 Å². The second-order valence-electron chi connectivity index (χ2n) is 7.08. The number of morpholine rings is 1. The molecule has 1 fully saturated rings. The number of carbonyl (C=O) groups excluding carboxylic acids is 1. The lowest BCUT2D eigenvalue weighted by molar-refractivity contribution is -0.112. The molecule has 1 N–H and O–H groups in total. The van der Waals surface area contributed by atoms with Crippen LogP contribution in [0.5, 0.6) is 0 Å². The number of hydrogen-bond donors (Lipinski definition) is 1. The lowest BCUT2D eigenvalue weighted by atomic mass is 10.1. The van der Waals surface area contributed by atoms with Crippen molar-refractivity contribution in [3.8, 4) is 17.3 Å². The summed E-state index contributed by atoms with van der Waals surface area (Å²) in [4.78, 5) is 20.8. The second kappa shape index (κ2) is 10.1. The fourth-order valence-electron chi connectivity index (χ4n) is 3.33. The molecule has 1 aromatic heterocycles. The SMILES string of the molecule is N#C/C(=C\c1ccccc1)C(=O)Nc1nc(-c2ccccc2)c(CN2CCOCC2)s1. The van der Waals surface area contributed by atoms with Gasteiger partial charge in [0.2, 0.25) is 0 Å². The highest BCUT2D eigenvalue weighted by atomic mass is 32.1. The van der Waals surface area contributed by atoms with Crippen molar-refractivity contribution in [1.82, 2.24) is 9.88 Å². The Morgan fingerprint density at radius 3 is 2.48 bits per heavy atom. The number of ether oxygens (including phenoxy) is 1. The molecule has 0 aliphatic carbocycles. The number of nitrogens with zero attached hydrogens (tertiary/aromatic N) is 3. The minimum absolute atomic E-state index is 0.0393. The normalized spacial score (nSPS) is 14.7. The van der Waals surface area contributed by atoms with Gasteiger partial charge in [-0.15, -0.1) is 0 Å². The van der Waals surface area contributed by atoms with Crippen molar-refractivity contribution in [1.29, 1.82) is 5.26 Å². The highest BCUT2D eigenvalue weighted by Crippen LogP contribution is 2.32. The molecule has 0 spiro atoms. The van der Waals surface area contributed by atoms with Crippen molar-refractivity contribution < 1.29 is 9.53 Å². The summed E-state index contributed by atoms with van der Waals surface area (Å²) >= 11 is 1.45. The Morgan fingerprint density at radius 1 is 1.13 bits per heavy atom. The smallest absolute Gasteiger partial charge is 0.268 e. The van der Waals surface area contributed by atoms with Crippen molar-refractivity contribution in [3.05, 3.63) is 76.7 Å². The van der Waals surface area contributed by atoms with Crippen LogP contribution in [0.15, 0.2) is 66.2 Å². The molecule has 0 saturated carbocycles. The van der Waals surface area contributed by atoms with Crippen molar-refractivity contribution in [2.24, 2.45) is 0 Å². The molecule has 7 heteroatoms. The molecule has 31 heavy (non-hydrogen) atoms. The van der Waals surface area contributed by atoms with Gasteiger partial charge in [0.05, 0.1) is 18.9 Å². The van der Waals surface area contributed by atoms with Crippen LogP contribution in [-0.4, -0.2) is 42.1 Å². The number of nitrogens with one attached hydrogen (secondary N) is 1. The summed E-state index contributed by atoms with van der Waals surface area (Å²) in [6.45, 7) is 3.92. The van der Waals surface area contributed by atoms with Gasteiger partial charge >= 0.3 is 0 Å². The first-order chi connectivity index (χ1) is 15.2. The third kappa shape index (κ3) is 5.44. The number of carbonyl (C=O) groups is 1. The van der Waals surface area contributed by atoms with Gasteiger partial charge in [-0.1, -0.05) is 72.0 Å². The molecular formula is C24H22N4O2S. The minimum atomic E-state index is -0.461. The number of hydrogen-bond acceptors (Lipinski definition) is 6. The molecule has 156 valence electrons. The van der Waals surface area contributed by atoms with E-state index < -0.39 is 5.91 Å². The maximum absolute atomic E-state index is 12.7. The Bertz CT molecular complexity index is 1100. The van der Waals surface area contributed by atoms with Gasteiger partial charge in [-0.2, -0.15) is 5.26 Å². The Morgan fingerprint density at radius 2 is 1.81 bits per heavy atom. The zero-order valence-corrected chi connectivity index (χ0v) is 17.8. The van der Waals surface area contributed by atoms with E-state index in [0.29, 0.717) is 5.13 Å². The first kappa shape index (κ1) is 20.9. The van der Waals surface area contributed by atoms with Crippen LogP contribution in [0.1, 0.15) is 10.4 Å². The standard InChI is InChI=1S/C24H22N4O2S/c25-16-20(15-18-7-3-1-4-8-18)23(29)27-24-26-22(19-9-5-2-6-10-19)21(31-24)17-28-11-13-30-14-12-28/h1-10,15H,11-14,17H2,(H,26,27,29)/b20-15+. The van der Waals surface area contributed by atoms with E-state index in [1.165, 1.54) is 11.3 Å². The van der Waals surface area contributed by atoms with Crippen LogP contribution in [0.25, 0.3) is 17.3 Å². The van der Waals surface area contributed by atoms with Gasteiger partial charge in [0.1, 0.15) is 11.6 Å². The highest BCUT2D eigenvalue weighted by molar-refractivity contribution is 7.16. The Labute approximate surface area is 185 Å². The number of rotatable bonds is 6. The van der Waals surface area contributed by atoms with E-state index in [0.717, 1.165) is 54.5 Å². The zero-order chi connectivity index (χ0) is 21.5. The molecule has 0 atom stereocenters. The van der Waals surface area contributed by atoms with Crippen LogP contribution >= 0.6 is 11.3 Å². The van der Waals surface area contributed by atoms with Crippen LogP contribution < -0.4 is 5.32 Å². The van der Waals surface area contributed by atoms with E-state index in [1.54, 1.807) is 6.08 Å². The summed E-state index contributed by atoms with van der Waals surface area (Å²) in [7, 11) is 0. The Hall–Kier alpha value is -3.31. The van der Waals surface area contributed by atoms with Crippen molar-refractivity contribution in [2.75, 3.05) is 31.6 Å². The summed E-state index contributed by atoms with van der Waals surface area (Å²) < 4.78 is 5.45. The Balaban J connectivity index is 1.58. The van der Waals surface area contributed by atoms with Gasteiger partial charge in [0, 0.05) is 30.1 Å². The maximum atomic E-state index is 12.7. The topological polar surface area (TPSA) is 78.2 Å². The molecule has 0 radical (unpaired) electrons. The third-order valence-corrected chi connectivity index (χ3v) is 5.87. The van der Waals surface area contributed by atoms with Crippen molar-refractivity contribution in [3.63, 3.8) is 0 Å². The summed E-state index contributed by atoms with van der Waals surface area (Å²) in [5.74, 6) is -0.461. The zero-order valence-electron chi connectivity index (χ0n) is 17.0. The van der Waals surface area contributed by atoms with E-state index in [-0.39, 0.29) is 5.57 Å². The van der Waals surface area contributed by atoms with Crippen LogP contribution in [0.4, 0.5) is 5.13 Å². The first-order valence-corrected chi connectivity index (χ1v) is 10.9. The first-order valence-electron chi connectivity index (χ1n) is 10.1. The monoisotopic (exact) mass is 430 g/mol. The molecule has 1 aliphatic heterocycles. The average molecular weight is 431 g/mol. The second-order valence-corrected chi connectivity index (χ2v) is 8.16. The lowest BCUT2D eigenvalue weighted by Crippen LogP contribution is -2.35. The van der Waals surface area contributed by atoms with E-state index in [2.05, 4.69) is 10.2 Å². The Kier molecular flexibility index (Phi) is 6.85. The number of thiazole rings is 1. The molecule has 4 rings (SSSR count). The van der Waals surface area contributed by atoms with Crippen LogP contribution in [0, 0.1) is 11.3 Å². The number of nitriles is 1. The van der Waals surface area contributed by atoms with Gasteiger partial charge < -0.3 is 4.74 Å². The van der Waals surface area contributed by atoms with Gasteiger partial charge in [0.15, 0.2) is 5.13 Å². The summed E-state index contributed by atoms with van der Waals surface area (Å²) in [5.41, 5.74) is 2.70. The largest absolute Gasteiger partial charge is 0.379 e. The lowest BCUT2D eigenvalue weighted by Gasteiger charge is -2.26. The quantitative estimate of drug-likeness (QED) is 0.469. The summed E-state index contributed by atoms with van der Waals surface area (Å²) in [6.07, 6.45) is 1.58. The number of anilines is 1. The fourth-order valence-corrected chi connectivity index (χ4v) is 4.35. The molecule has 2 aromatic carbocycles. The molecule has 6 nitrogen and oxygen atoms in total. The van der Waals surface area contributed by atoms with Gasteiger partial charge in [-0.3, -0.25) is 15.0 Å². The van der Waals surface area contributed by atoms with Gasteiger partial charge in [-0.25, -0.2) is 4.98 Å². The summed E-state index contributed by atoms with van der Waals surface area (Å²) in [6, 6.07) is 21.3. The van der Waals surface area contributed by atoms with Crippen LogP contribution in [0.3, 0.4) is 0 Å². The number of aromatic nitrogens is 1. The third-order valence-electron chi connectivity index (χ3n) is 4.91. The average Bonchev–Trinajstić information content (AvgIpc) is 3.21. The predicted octanol–water partition coefficient (Wildman–Crippen LogP) is 4.19. The molecule has 0 unspecified atom stereocenters. The fraction of sp³-hybridized carbons (Fsp3) is 0.208. The summed E-state index contributed by atoms with van der Waals surface area (Å²) in [5, 5.41) is 12.8. The molecule has 1 saturated heterocycles. The molecule has 3 aromatic rings. The predicted molar refractivity (Wildman–Crippen MR) is 122 cm³/mol. The van der Waals surface area contributed by atoms with Crippen LogP contribution in [-0.2, 0) is 16.1 Å². The molecular weight excluding hydrogens is 408 g/mol. The van der Waals surface area contributed by atoms with Crippen LogP contribution in [0.2, 0.25) is 0 Å². The number of benzene rings is 2. The maximum Gasteiger partial charge on any atom is 0.268 e. The van der Waals surface area contributed by atoms with Crippen molar-refractivity contribution >= 4 is 28.5 Å². The van der Waals surface area contributed by atoms with E-state index in [9.17, 15) is 10.1 Å². The number of amides is 1. The van der Waals surface area contributed by atoms with E-state index >= 15 is 0 Å². The molecule has 0 bridgehead atoms. The van der Waals surface area contributed by atoms with Gasteiger partial charge in [0.25, 0.3) is 5.91 Å². The minimum Gasteiger partial charge on any atom is -0.379 e. The van der Waals surface area contributed by atoms with Gasteiger partial charge in [-0.05, 0) is 11.6 Å². The highest BCUT2D eigenvalue weighted by Gasteiger charge is 2.20. The van der Waals surface area contributed by atoms with Crippen molar-refractivity contribution in [2.45, 2.75) is 6.54 Å². The molecule has 1 amide bonds. The molecule has 1 aliphatic rings. The molecule has 2 heterocycles. The van der Waals surface area contributed by atoms with E-state index in [1.807, 2.05) is 66.7 Å².